The number of rotatable bonds is 6. The Morgan fingerprint density at radius 3 is 2.53 bits per heavy atom. The van der Waals surface area contributed by atoms with E-state index in [9.17, 15) is 9.90 Å². The maximum atomic E-state index is 11.3. The lowest BCUT2D eigenvalue weighted by atomic mass is 10.1. The highest BCUT2D eigenvalue weighted by molar-refractivity contribution is 7.09. The van der Waals surface area contributed by atoms with Gasteiger partial charge in [0, 0.05) is 19.0 Å². The molecule has 0 aliphatic heterocycles. The first-order valence-corrected chi connectivity index (χ1v) is 10.9. The minimum absolute atomic E-state index is 0.0637. The summed E-state index contributed by atoms with van der Waals surface area (Å²) in [5.41, 5.74) is 4.58. The molecular weight excluding hydrogens is 424 g/mol. The lowest BCUT2D eigenvalue weighted by Gasteiger charge is -2.07. The van der Waals surface area contributed by atoms with Gasteiger partial charge in [-0.15, -0.1) is 0 Å². The fourth-order valence-electron chi connectivity index (χ4n) is 3.52. The zero-order valence-corrected chi connectivity index (χ0v) is 18.1. The summed E-state index contributed by atoms with van der Waals surface area (Å²) in [6, 6.07) is 21.6. The number of aromatic amines is 1. The van der Waals surface area contributed by atoms with Crippen LogP contribution in [0.25, 0.3) is 22.4 Å². The van der Waals surface area contributed by atoms with Gasteiger partial charge in [0.1, 0.15) is 23.7 Å². The third-order valence-electron chi connectivity index (χ3n) is 5.23. The van der Waals surface area contributed by atoms with Crippen LogP contribution in [0.4, 0.5) is 0 Å². The highest BCUT2D eigenvalue weighted by Gasteiger charge is 2.12. The summed E-state index contributed by atoms with van der Waals surface area (Å²) in [5.74, 6) is 1.43. The lowest BCUT2D eigenvalue weighted by molar-refractivity contribution is 0.292. The summed E-state index contributed by atoms with van der Waals surface area (Å²) in [7, 11) is 1.94. The van der Waals surface area contributed by atoms with Gasteiger partial charge in [-0.2, -0.15) is 0 Å². The van der Waals surface area contributed by atoms with Crippen LogP contribution >= 0.6 is 11.3 Å². The summed E-state index contributed by atoms with van der Waals surface area (Å²) in [4.78, 5) is 23.5. The molecule has 0 unspecified atom stereocenters. The second-order valence-electron chi connectivity index (χ2n) is 7.39. The molecule has 0 radical (unpaired) electrons. The minimum Gasteiger partial charge on any atom is -0.494 e. The largest absolute Gasteiger partial charge is 0.494 e. The third kappa shape index (κ3) is 4.00. The van der Waals surface area contributed by atoms with Crippen molar-refractivity contribution in [1.29, 1.82) is 0 Å². The predicted molar refractivity (Wildman–Crippen MR) is 124 cm³/mol. The summed E-state index contributed by atoms with van der Waals surface area (Å²) >= 11 is 1.01. The Bertz CT molecular complexity index is 1440. The molecule has 0 saturated heterocycles. The van der Waals surface area contributed by atoms with Crippen molar-refractivity contribution in [2.24, 2.45) is 7.05 Å². The van der Waals surface area contributed by atoms with Crippen molar-refractivity contribution in [3.8, 4) is 22.9 Å². The second kappa shape index (κ2) is 8.32. The lowest BCUT2D eigenvalue weighted by Crippen LogP contribution is -2.04. The smallest absolute Gasteiger partial charge is 0.307 e. The molecule has 8 heteroatoms. The average molecular weight is 445 g/mol. The van der Waals surface area contributed by atoms with Crippen molar-refractivity contribution in [2.75, 3.05) is 0 Å². The number of aromatic hydroxyl groups is 1. The van der Waals surface area contributed by atoms with Gasteiger partial charge in [-0.25, -0.2) is 9.97 Å². The van der Waals surface area contributed by atoms with Gasteiger partial charge in [-0.05, 0) is 29.8 Å². The normalized spacial score (nSPS) is 11.2. The van der Waals surface area contributed by atoms with E-state index in [1.165, 1.54) is 0 Å². The van der Waals surface area contributed by atoms with Crippen molar-refractivity contribution in [1.82, 2.24) is 19.5 Å². The van der Waals surface area contributed by atoms with Gasteiger partial charge in [0.15, 0.2) is 5.65 Å². The Kier molecular flexibility index (Phi) is 5.20. The van der Waals surface area contributed by atoms with Crippen LogP contribution in [0.1, 0.15) is 16.3 Å². The Morgan fingerprint density at radius 1 is 1.03 bits per heavy atom. The summed E-state index contributed by atoms with van der Waals surface area (Å²) in [6.45, 7) is 0.313. The Hall–Kier alpha value is -3.91. The molecule has 3 heterocycles. The molecule has 2 aromatic carbocycles. The van der Waals surface area contributed by atoms with E-state index in [1.54, 1.807) is 0 Å². The Morgan fingerprint density at radius 2 is 1.81 bits per heavy atom. The van der Waals surface area contributed by atoms with Crippen LogP contribution in [0, 0.1) is 0 Å². The molecule has 0 spiro atoms. The maximum Gasteiger partial charge on any atom is 0.307 e. The molecule has 0 atom stereocenters. The van der Waals surface area contributed by atoms with Gasteiger partial charge in [-0.3, -0.25) is 9.78 Å². The number of nitrogens with zero attached hydrogens (tertiary/aromatic N) is 3. The number of thiazole rings is 1. The minimum atomic E-state index is -0.259. The van der Waals surface area contributed by atoms with E-state index in [0.29, 0.717) is 23.7 Å². The number of aromatic nitrogens is 4. The van der Waals surface area contributed by atoms with Crippen LogP contribution < -0.4 is 9.61 Å². The highest BCUT2D eigenvalue weighted by atomic mass is 32.1. The number of fused-ring (bicyclic) bond motifs is 1. The molecule has 32 heavy (non-hydrogen) atoms. The summed E-state index contributed by atoms with van der Waals surface area (Å²) in [5, 5.41) is 9.74. The predicted octanol–water partition coefficient (Wildman–Crippen LogP) is 4.26. The number of aryl methyl sites for hydroxylation is 1. The van der Waals surface area contributed by atoms with Crippen LogP contribution in [0.15, 0.2) is 71.5 Å². The SMILES string of the molecule is Cn1c(COc2ccc(Cc3sc(=O)[nH]c3O)cc2)nc2ccc(-c3ccccc3)nc21. The standard InChI is InChI=1S/C24H20N4O3S/c1-28-21(25-19-12-11-18(26-22(19)28)16-5-3-2-4-6-16)14-31-17-9-7-15(8-10-17)13-20-23(29)27-24(30)32-20/h2-12,29H,13-14H2,1H3,(H,27,30). The number of ether oxygens (including phenoxy) is 1. The quantitative estimate of drug-likeness (QED) is 0.408. The van der Waals surface area contributed by atoms with E-state index in [0.717, 1.165) is 45.1 Å². The number of imidazole rings is 1. The molecule has 7 nitrogen and oxygen atoms in total. The first kappa shape index (κ1) is 20.0. The van der Waals surface area contributed by atoms with E-state index in [1.807, 2.05) is 78.3 Å². The molecule has 160 valence electrons. The molecule has 3 aromatic heterocycles. The topological polar surface area (TPSA) is 93.0 Å². The zero-order valence-electron chi connectivity index (χ0n) is 17.3. The molecule has 0 bridgehead atoms. The fourth-order valence-corrected chi connectivity index (χ4v) is 4.28. The molecule has 0 aliphatic carbocycles. The van der Waals surface area contributed by atoms with Crippen LogP contribution in [0.2, 0.25) is 0 Å². The molecule has 0 aliphatic rings. The van der Waals surface area contributed by atoms with Gasteiger partial charge in [0.25, 0.3) is 0 Å². The zero-order chi connectivity index (χ0) is 22.1. The van der Waals surface area contributed by atoms with Crippen LogP contribution in [0.3, 0.4) is 0 Å². The number of pyridine rings is 1. The first-order chi connectivity index (χ1) is 15.6. The van der Waals surface area contributed by atoms with E-state index in [-0.39, 0.29) is 10.8 Å². The number of hydrogen-bond donors (Lipinski definition) is 2. The molecule has 0 saturated carbocycles. The van der Waals surface area contributed by atoms with Crippen molar-refractivity contribution in [2.45, 2.75) is 13.0 Å². The number of benzene rings is 2. The van der Waals surface area contributed by atoms with Crippen LogP contribution in [-0.2, 0) is 20.1 Å². The monoisotopic (exact) mass is 444 g/mol. The molecule has 5 aromatic rings. The van der Waals surface area contributed by atoms with Crippen LogP contribution in [0.5, 0.6) is 11.6 Å². The molecule has 2 N–H and O–H groups in total. The van der Waals surface area contributed by atoms with Crippen molar-refractivity contribution >= 4 is 22.5 Å². The molecule has 0 fully saturated rings. The van der Waals surface area contributed by atoms with Gasteiger partial charge in [0.2, 0.25) is 5.88 Å². The van der Waals surface area contributed by atoms with E-state index >= 15 is 0 Å². The van der Waals surface area contributed by atoms with Crippen molar-refractivity contribution in [3.63, 3.8) is 0 Å². The molecule has 5 rings (SSSR count). The fraction of sp³-hybridized carbons (Fsp3) is 0.125. The van der Waals surface area contributed by atoms with Gasteiger partial charge < -0.3 is 14.4 Å². The van der Waals surface area contributed by atoms with E-state index in [2.05, 4.69) is 9.97 Å². The third-order valence-corrected chi connectivity index (χ3v) is 6.11. The average Bonchev–Trinajstić information content (AvgIpc) is 3.31. The summed E-state index contributed by atoms with van der Waals surface area (Å²) in [6.07, 6.45) is 0.482. The number of nitrogens with one attached hydrogen (secondary N) is 1. The van der Waals surface area contributed by atoms with Gasteiger partial charge in [0.05, 0.1) is 10.6 Å². The van der Waals surface area contributed by atoms with E-state index < -0.39 is 0 Å². The summed E-state index contributed by atoms with van der Waals surface area (Å²) < 4.78 is 7.89. The Labute approximate surface area is 187 Å². The second-order valence-corrected chi connectivity index (χ2v) is 8.46. The van der Waals surface area contributed by atoms with Gasteiger partial charge in [-0.1, -0.05) is 53.8 Å². The Balaban J connectivity index is 1.30. The van der Waals surface area contributed by atoms with Crippen molar-refractivity contribution < 1.29 is 9.84 Å². The number of H-pyrrole nitrogens is 1. The van der Waals surface area contributed by atoms with E-state index in [4.69, 9.17) is 9.72 Å². The number of hydrogen-bond acceptors (Lipinski definition) is 6. The van der Waals surface area contributed by atoms with Gasteiger partial charge >= 0.3 is 4.87 Å². The van der Waals surface area contributed by atoms with Crippen molar-refractivity contribution in [3.05, 3.63) is 92.7 Å². The van der Waals surface area contributed by atoms with Crippen LogP contribution in [-0.4, -0.2) is 24.6 Å². The molecule has 0 amide bonds. The first-order valence-electron chi connectivity index (χ1n) is 10.1. The molecular formula is C24H20N4O3S. The maximum absolute atomic E-state index is 11.3. The highest BCUT2D eigenvalue weighted by Crippen LogP contribution is 2.24.